The van der Waals surface area contributed by atoms with Gasteiger partial charge < -0.3 is 4.74 Å². The van der Waals surface area contributed by atoms with Crippen LogP contribution < -0.4 is 0 Å². The average Bonchev–Trinajstić information content (AvgIpc) is 2.28. The zero-order chi connectivity index (χ0) is 19.1. The van der Waals surface area contributed by atoms with Gasteiger partial charge in [0.1, 0.15) is 6.10 Å². The zero-order valence-corrected chi connectivity index (χ0v) is 12.6. The molecule has 0 aliphatic heterocycles. The molecule has 0 radical (unpaired) electrons. The summed E-state index contributed by atoms with van der Waals surface area (Å²) in [5.41, 5.74) is -6.56. The number of hydrogen-bond donors (Lipinski definition) is 0. The third-order valence-electron chi connectivity index (χ3n) is 4.41. The predicted octanol–water partition coefficient (Wildman–Crippen LogP) is 5.03. The Kier molecular flexibility index (Phi) is 5.47. The van der Waals surface area contributed by atoms with Crippen LogP contribution in [-0.4, -0.2) is 30.6 Å². The predicted molar refractivity (Wildman–Crippen MR) is 62.7 cm³/mol. The minimum absolute atomic E-state index is 0.0672. The lowest BCUT2D eigenvalue weighted by molar-refractivity contribution is -0.412. The number of carbonyl (C=O) groups excluding carboxylic acids is 1. The summed E-state index contributed by atoms with van der Waals surface area (Å²) < 4.78 is 119. The minimum atomic E-state index is -6.94. The first kappa shape index (κ1) is 20.9. The maximum atomic E-state index is 12.8. The molecule has 0 spiro atoms. The smallest absolute Gasteiger partial charge is 0.422 e. The number of rotatable bonds is 2. The molecule has 1 rings (SSSR count). The highest BCUT2D eigenvalue weighted by Gasteiger charge is 2.89. The van der Waals surface area contributed by atoms with E-state index in [-0.39, 0.29) is 24.7 Å². The fourth-order valence-corrected chi connectivity index (χ4v) is 2.67. The van der Waals surface area contributed by atoms with Crippen LogP contribution in [-0.2, 0) is 9.53 Å². The molecule has 0 N–H and O–H groups in total. The number of ether oxygens (including phenoxy) is 1. The Labute approximate surface area is 131 Å². The van der Waals surface area contributed by atoms with Gasteiger partial charge in [-0.15, -0.1) is 0 Å². The van der Waals surface area contributed by atoms with Crippen LogP contribution in [0.1, 0.15) is 33.1 Å². The first-order valence-corrected chi connectivity index (χ1v) is 6.97. The van der Waals surface area contributed by atoms with Gasteiger partial charge in [0, 0.05) is 0 Å². The van der Waals surface area contributed by atoms with Crippen LogP contribution in [0, 0.1) is 17.3 Å². The summed E-state index contributed by atoms with van der Waals surface area (Å²) in [6.45, 7) is 3.39. The largest absolute Gasteiger partial charge is 0.461 e. The van der Waals surface area contributed by atoms with Crippen molar-refractivity contribution < 1.29 is 49.0 Å². The fraction of sp³-hybridized carbons (Fsp3) is 0.923. The molecular formula is C13H15F9O2. The van der Waals surface area contributed by atoms with Crippen LogP contribution in [0.25, 0.3) is 0 Å². The van der Waals surface area contributed by atoms with Crippen LogP contribution in [0.3, 0.4) is 0 Å². The maximum Gasteiger partial charge on any atom is 0.422 e. The van der Waals surface area contributed by atoms with Crippen molar-refractivity contribution in [3.05, 3.63) is 0 Å². The summed E-state index contributed by atoms with van der Waals surface area (Å²) in [5.74, 6) is -3.52. The van der Waals surface area contributed by atoms with Crippen molar-refractivity contribution in [3.63, 3.8) is 0 Å². The second kappa shape index (κ2) is 6.29. The van der Waals surface area contributed by atoms with Crippen LogP contribution >= 0.6 is 0 Å². The van der Waals surface area contributed by atoms with E-state index < -0.39 is 36.0 Å². The van der Waals surface area contributed by atoms with Gasteiger partial charge in [0.25, 0.3) is 0 Å². The summed E-state index contributed by atoms with van der Waals surface area (Å²) >= 11 is 0. The molecule has 1 fully saturated rings. The number of alkyl halides is 9. The van der Waals surface area contributed by atoms with Crippen molar-refractivity contribution >= 4 is 5.97 Å². The Hall–Kier alpha value is -1.16. The Morgan fingerprint density at radius 1 is 0.792 bits per heavy atom. The second-order valence-electron chi connectivity index (χ2n) is 6.04. The molecule has 0 bridgehead atoms. The summed E-state index contributed by atoms with van der Waals surface area (Å²) in [4.78, 5) is 11.5. The van der Waals surface area contributed by atoms with Crippen molar-refractivity contribution in [1.82, 2.24) is 0 Å². The van der Waals surface area contributed by atoms with E-state index in [1.165, 1.54) is 0 Å². The van der Waals surface area contributed by atoms with Crippen LogP contribution in [0.15, 0.2) is 0 Å². The lowest BCUT2D eigenvalue weighted by Crippen LogP contribution is -2.65. The van der Waals surface area contributed by atoms with E-state index >= 15 is 0 Å². The normalized spacial score (nSPS) is 27.0. The molecule has 1 aliphatic rings. The number of esters is 1. The average molecular weight is 374 g/mol. The van der Waals surface area contributed by atoms with Crippen LogP contribution in [0.5, 0.6) is 0 Å². The SMILES string of the molecule is C[C@H]1CC[C@@H](OC(=O)C(C(F)(F)F)(C(F)(F)F)C(F)(F)F)C[C@@H]1C. The fourth-order valence-electron chi connectivity index (χ4n) is 2.67. The Bertz CT molecular complexity index is 427. The van der Waals surface area contributed by atoms with E-state index in [2.05, 4.69) is 4.74 Å². The molecule has 0 amide bonds. The number of halogens is 9. The highest BCUT2D eigenvalue weighted by molar-refractivity contribution is 5.80. The van der Waals surface area contributed by atoms with E-state index in [4.69, 9.17) is 0 Å². The van der Waals surface area contributed by atoms with Crippen molar-refractivity contribution in [2.24, 2.45) is 17.3 Å². The molecule has 11 heteroatoms. The second-order valence-corrected chi connectivity index (χ2v) is 6.04. The lowest BCUT2D eigenvalue weighted by atomic mass is 9.80. The van der Waals surface area contributed by atoms with Gasteiger partial charge in [-0.05, 0) is 31.1 Å². The monoisotopic (exact) mass is 374 g/mol. The molecule has 0 unspecified atom stereocenters. The number of hydrogen-bond acceptors (Lipinski definition) is 2. The highest BCUT2D eigenvalue weighted by Crippen LogP contribution is 2.60. The van der Waals surface area contributed by atoms with Gasteiger partial charge in [-0.2, -0.15) is 39.5 Å². The van der Waals surface area contributed by atoms with E-state index in [9.17, 15) is 44.3 Å². The third kappa shape index (κ3) is 3.44. The molecule has 2 nitrogen and oxygen atoms in total. The molecule has 0 saturated heterocycles. The molecule has 24 heavy (non-hydrogen) atoms. The Morgan fingerprint density at radius 2 is 1.21 bits per heavy atom. The molecule has 0 aromatic rings. The summed E-state index contributed by atoms with van der Waals surface area (Å²) in [6.07, 6.45) is -22.1. The van der Waals surface area contributed by atoms with Gasteiger partial charge in [0.05, 0.1) is 0 Å². The van der Waals surface area contributed by atoms with Crippen molar-refractivity contribution in [2.75, 3.05) is 0 Å². The van der Waals surface area contributed by atoms with Crippen LogP contribution in [0.4, 0.5) is 39.5 Å². The topological polar surface area (TPSA) is 26.3 Å². The quantitative estimate of drug-likeness (QED) is 0.501. The van der Waals surface area contributed by atoms with Crippen molar-refractivity contribution in [1.29, 1.82) is 0 Å². The van der Waals surface area contributed by atoms with E-state index in [1.807, 2.05) is 0 Å². The minimum Gasteiger partial charge on any atom is -0.461 e. The molecule has 0 aromatic carbocycles. The Morgan fingerprint density at radius 3 is 1.54 bits per heavy atom. The Balaban J connectivity index is 3.23. The van der Waals surface area contributed by atoms with E-state index in [1.54, 1.807) is 13.8 Å². The molecule has 1 aliphatic carbocycles. The highest BCUT2D eigenvalue weighted by atomic mass is 19.4. The van der Waals surface area contributed by atoms with E-state index in [0.717, 1.165) is 0 Å². The van der Waals surface area contributed by atoms with Crippen LogP contribution in [0.2, 0.25) is 0 Å². The first-order valence-electron chi connectivity index (χ1n) is 6.97. The zero-order valence-electron chi connectivity index (χ0n) is 12.6. The third-order valence-corrected chi connectivity index (χ3v) is 4.41. The van der Waals surface area contributed by atoms with Gasteiger partial charge in [0.15, 0.2) is 0 Å². The lowest BCUT2D eigenvalue weighted by Gasteiger charge is -2.38. The molecule has 1 saturated carbocycles. The van der Waals surface area contributed by atoms with Gasteiger partial charge >= 0.3 is 29.9 Å². The summed E-state index contributed by atoms with van der Waals surface area (Å²) in [5, 5.41) is 0. The molecule has 142 valence electrons. The molecule has 0 aromatic heterocycles. The van der Waals surface area contributed by atoms with Gasteiger partial charge in [0.2, 0.25) is 0 Å². The first-order chi connectivity index (χ1) is 10.6. The van der Waals surface area contributed by atoms with Gasteiger partial charge in [-0.1, -0.05) is 13.8 Å². The molecule has 3 atom stereocenters. The van der Waals surface area contributed by atoms with Gasteiger partial charge in [-0.3, -0.25) is 4.79 Å². The van der Waals surface area contributed by atoms with Gasteiger partial charge in [-0.25, -0.2) is 0 Å². The number of carbonyl (C=O) groups is 1. The maximum absolute atomic E-state index is 12.8. The molecule has 0 heterocycles. The summed E-state index contributed by atoms with van der Waals surface area (Å²) in [6, 6.07) is 0. The van der Waals surface area contributed by atoms with Crippen molar-refractivity contribution in [2.45, 2.75) is 57.7 Å². The standard InChI is InChI=1S/C13H15F9O2/c1-6-3-4-8(5-7(6)2)24-9(23)10(11(14,15)16,12(17,18)19)13(20,21)22/h6-8H,3-5H2,1-2H3/t6-,7-,8+/m0/s1. The molecular weight excluding hydrogens is 359 g/mol. The summed E-state index contributed by atoms with van der Waals surface area (Å²) in [7, 11) is 0. The van der Waals surface area contributed by atoms with E-state index in [0.29, 0.717) is 6.42 Å². The van der Waals surface area contributed by atoms with Crippen molar-refractivity contribution in [3.8, 4) is 0 Å².